The maximum Gasteiger partial charge on any atom is 0.00676 e. The van der Waals surface area contributed by atoms with Crippen LogP contribution in [0.3, 0.4) is 0 Å². The average molecular weight is 238 g/mol. The van der Waals surface area contributed by atoms with Crippen molar-refractivity contribution in [3.8, 4) is 0 Å². The minimum atomic E-state index is 0.573. The van der Waals surface area contributed by atoms with E-state index in [1.807, 2.05) is 0 Å². The molecule has 0 aromatic carbocycles. The highest BCUT2D eigenvalue weighted by Gasteiger charge is 2.34. The highest BCUT2D eigenvalue weighted by molar-refractivity contribution is 4.89. The van der Waals surface area contributed by atoms with Crippen LogP contribution in [0.2, 0.25) is 0 Å². The van der Waals surface area contributed by atoms with Gasteiger partial charge in [-0.05, 0) is 51.6 Å². The zero-order chi connectivity index (χ0) is 12.1. The Morgan fingerprint density at radius 3 is 2.35 bits per heavy atom. The molecule has 1 unspecified atom stereocenters. The summed E-state index contributed by atoms with van der Waals surface area (Å²) in [4.78, 5) is 2.75. The minimum absolute atomic E-state index is 0.573. The first-order valence-corrected chi connectivity index (χ1v) is 7.64. The van der Waals surface area contributed by atoms with Crippen molar-refractivity contribution in [2.24, 2.45) is 5.41 Å². The van der Waals surface area contributed by atoms with Crippen LogP contribution < -0.4 is 5.32 Å². The van der Waals surface area contributed by atoms with E-state index in [9.17, 15) is 0 Å². The molecule has 0 radical (unpaired) electrons. The van der Waals surface area contributed by atoms with Crippen LogP contribution in [0.1, 0.15) is 58.3 Å². The van der Waals surface area contributed by atoms with Crippen molar-refractivity contribution in [1.29, 1.82) is 0 Å². The van der Waals surface area contributed by atoms with Crippen LogP contribution in [0.4, 0.5) is 0 Å². The van der Waals surface area contributed by atoms with Crippen molar-refractivity contribution in [2.45, 2.75) is 64.3 Å². The maximum atomic E-state index is 3.47. The summed E-state index contributed by atoms with van der Waals surface area (Å²) in [6.45, 7) is 6.31. The van der Waals surface area contributed by atoms with Gasteiger partial charge >= 0.3 is 0 Å². The summed E-state index contributed by atoms with van der Waals surface area (Å²) in [5.74, 6) is 0. The van der Waals surface area contributed by atoms with Crippen LogP contribution in [-0.4, -0.2) is 37.6 Å². The van der Waals surface area contributed by atoms with Crippen molar-refractivity contribution in [1.82, 2.24) is 10.2 Å². The lowest BCUT2D eigenvalue weighted by atomic mass is 9.79. The summed E-state index contributed by atoms with van der Waals surface area (Å²) in [7, 11) is 2.13. The Balaban J connectivity index is 1.98. The Morgan fingerprint density at radius 2 is 1.82 bits per heavy atom. The lowest BCUT2D eigenvalue weighted by molar-refractivity contribution is 0.124. The van der Waals surface area contributed by atoms with E-state index in [-0.39, 0.29) is 0 Å². The predicted molar refractivity (Wildman–Crippen MR) is 74.3 cm³/mol. The fourth-order valence-corrected chi connectivity index (χ4v) is 3.90. The normalized spacial score (nSPS) is 30.4. The molecule has 2 aliphatic rings. The molecule has 0 amide bonds. The van der Waals surface area contributed by atoms with E-state index < -0.39 is 0 Å². The Kier molecular flexibility index (Phi) is 4.87. The second-order valence-electron chi connectivity index (χ2n) is 6.41. The van der Waals surface area contributed by atoms with E-state index in [1.54, 1.807) is 0 Å². The average Bonchev–Trinajstić information content (AvgIpc) is 2.58. The predicted octanol–water partition coefficient (Wildman–Crippen LogP) is 3.03. The molecule has 0 aromatic heterocycles. The topological polar surface area (TPSA) is 15.3 Å². The summed E-state index contributed by atoms with van der Waals surface area (Å²) in [5, 5.41) is 3.47. The van der Waals surface area contributed by atoms with E-state index in [1.165, 1.54) is 71.0 Å². The van der Waals surface area contributed by atoms with Crippen LogP contribution >= 0.6 is 0 Å². The molecule has 17 heavy (non-hydrogen) atoms. The van der Waals surface area contributed by atoms with Crippen molar-refractivity contribution in [3.05, 3.63) is 0 Å². The van der Waals surface area contributed by atoms with Gasteiger partial charge in [-0.25, -0.2) is 0 Å². The minimum Gasteiger partial charge on any atom is -0.319 e. The fourth-order valence-electron chi connectivity index (χ4n) is 3.90. The Morgan fingerprint density at radius 1 is 1.12 bits per heavy atom. The zero-order valence-electron chi connectivity index (χ0n) is 11.8. The van der Waals surface area contributed by atoms with Crippen molar-refractivity contribution >= 4 is 0 Å². The van der Waals surface area contributed by atoms with Gasteiger partial charge in [-0.1, -0.05) is 25.7 Å². The summed E-state index contributed by atoms with van der Waals surface area (Å²) < 4.78 is 0. The molecule has 1 aliphatic heterocycles. The molecule has 1 N–H and O–H groups in total. The molecule has 2 heteroatoms. The van der Waals surface area contributed by atoms with Gasteiger partial charge in [-0.3, -0.25) is 0 Å². The monoisotopic (exact) mass is 238 g/mol. The molecule has 2 nitrogen and oxygen atoms in total. The second-order valence-corrected chi connectivity index (χ2v) is 6.41. The molecule has 0 spiro atoms. The van der Waals surface area contributed by atoms with E-state index in [4.69, 9.17) is 0 Å². The molecular formula is C15H30N2. The van der Waals surface area contributed by atoms with Crippen LogP contribution in [0.5, 0.6) is 0 Å². The molecule has 100 valence electrons. The molecule has 2 rings (SSSR count). The van der Waals surface area contributed by atoms with Gasteiger partial charge in [0.25, 0.3) is 0 Å². The number of nitrogens with one attached hydrogen (secondary N) is 1. The number of hydrogen-bond acceptors (Lipinski definition) is 2. The first-order valence-electron chi connectivity index (χ1n) is 7.64. The molecule has 1 atom stereocenters. The van der Waals surface area contributed by atoms with Crippen molar-refractivity contribution in [2.75, 3.05) is 26.7 Å². The molecule has 1 saturated heterocycles. The number of nitrogens with zero attached hydrogens (tertiary/aromatic N) is 1. The maximum absolute atomic E-state index is 3.47. The second kappa shape index (κ2) is 6.19. The van der Waals surface area contributed by atoms with Gasteiger partial charge in [0.05, 0.1) is 0 Å². The standard InChI is InChI=1S/C15H30N2/c1-14-8-7-11-17(14)13-15(12-16-2)9-5-3-4-6-10-15/h14,16H,3-13H2,1-2H3. The van der Waals surface area contributed by atoms with Gasteiger partial charge in [0.15, 0.2) is 0 Å². The summed E-state index contributed by atoms with van der Waals surface area (Å²) in [6.07, 6.45) is 11.5. The summed E-state index contributed by atoms with van der Waals surface area (Å²) in [6, 6.07) is 0.826. The molecule has 1 heterocycles. The van der Waals surface area contributed by atoms with Gasteiger partial charge in [0.2, 0.25) is 0 Å². The number of likely N-dealkylation sites (tertiary alicyclic amines) is 1. The molecule has 1 saturated carbocycles. The number of hydrogen-bond donors (Lipinski definition) is 1. The van der Waals surface area contributed by atoms with Gasteiger partial charge < -0.3 is 10.2 Å². The largest absolute Gasteiger partial charge is 0.319 e. The molecule has 2 fully saturated rings. The van der Waals surface area contributed by atoms with Crippen molar-refractivity contribution in [3.63, 3.8) is 0 Å². The molecule has 0 aromatic rings. The summed E-state index contributed by atoms with van der Waals surface area (Å²) in [5.41, 5.74) is 0.573. The van der Waals surface area contributed by atoms with E-state index >= 15 is 0 Å². The Labute approximate surface area is 107 Å². The van der Waals surface area contributed by atoms with Crippen LogP contribution in [0, 0.1) is 5.41 Å². The van der Waals surface area contributed by atoms with Crippen molar-refractivity contribution < 1.29 is 0 Å². The lowest BCUT2D eigenvalue weighted by Gasteiger charge is -2.38. The van der Waals surface area contributed by atoms with Gasteiger partial charge in [-0.15, -0.1) is 0 Å². The smallest absolute Gasteiger partial charge is 0.00676 e. The zero-order valence-corrected chi connectivity index (χ0v) is 11.8. The third kappa shape index (κ3) is 3.45. The lowest BCUT2D eigenvalue weighted by Crippen LogP contribution is -2.44. The van der Waals surface area contributed by atoms with Crippen LogP contribution in [0.15, 0.2) is 0 Å². The van der Waals surface area contributed by atoms with E-state index in [0.717, 1.165) is 6.04 Å². The number of rotatable bonds is 4. The molecule has 1 aliphatic carbocycles. The van der Waals surface area contributed by atoms with Gasteiger partial charge in [0.1, 0.15) is 0 Å². The molecular weight excluding hydrogens is 208 g/mol. The Hall–Kier alpha value is -0.0800. The van der Waals surface area contributed by atoms with Gasteiger partial charge in [-0.2, -0.15) is 0 Å². The third-order valence-corrected chi connectivity index (χ3v) is 4.95. The van der Waals surface area contributed by atoms with Crippen LogP contribution in [0.25, 0.3) is 0 Å². The van der Waals surface area contributed by atoms with Crippen LogP contribution in [-0.2, 0) is 0 Å². The first-order chi connectivity index (χ1) is 8.26. The van der Waals surface area contributed by atoms with E-state index in [2.05, 4.69) is 24.2 Å². The highest BCUT2D eigenvalue weighted by atomic mass is 15.2. The Bertz CT molecular complexity index is 219. The molecule has 0 bridgehead atoms. The quantitative estimate of drug-likeness (QED) is 0.757. The van der Waals surface area contributed by atoms with E-state index in [0.29, 0.717) is 5.41 Å². The SMILES string of the molecule is CNCC1(CN2CCCC2C)CCCCCC1. The third-order valence-electron chi connectivity index (χ3n) is 4.95. The summed E-state index contributed by atoms with van der Waals surface area (Å²) >= 11 is 0. The first kappa shape index (κ1) is 13.4. The van der Waals surface area contributed by atoms with Gasteiger partial charge in [0, 0.05) is 19.1 Å². The highest BCUT2D eigenvalue weighted by Crippen LogP contribution is 2.36. The fraction of sp³-hybridized carbons (Fsp3) is 1.00.